The molecule has 0 bridgehead atoms. The molecule has 16 heavy (non-hydrogen) atoms. The SMILES string of the molecule is O=S(=O)(NCCO)c1ccc2c(c1)OCO2. The smallest absolute Gasteiger partial charge is 0.240 e. The van der Waals surface area contributed by atoms with Crippen molar-refractivity contribution in [2.24, 2.45) is 0 Å². The molecule has 0 radical (unpaired) electrons. The molecular formula is C9H11NO5S. The molecular weight excluding hydrogens is 234 g/mol. The first-order chi connectivity index (χ1) is 7.63. The summed E-state index contributed by atoms with van der Waals surface area (Å²) >= 11 is 0. The molecule has 1 aromatic carbocycles. The predicted octanol–water partition coefficient (Wildman–Crippen LogP) is -0.314. The Kier molecular flexibility index (Phi) is 2.99. The van der Waals surface area contributed by atoms with E-state index in [9.17, 15) is 8.42 Å². The Labute approximate surface area is 92.9 Å². The first kappa shape index (κ1) is 11.2. The summed E-state index contributed by atoms with van der Waals surface area (Å²) in [5, 5.41) is 8.56. The second-order valence-electron chi connectivity index (χ2n) is 3.14. The Morgan fingerprint density at radius 3 is 2.81 bits per heavy atom. The van der Waals surface area contributed by atoms with Crippen LogP contribution in [0.1, 0.15) is 0 Å². The first-order valence-corrected chi connectivity index (χ1v) is 6.12. The Bertz CT molecular complexity index is 485. The zero-order valence-electron chi connectivity index (χ0n) is 8.34. The van der Waals surface area contributed by atoms with Crippen LogP contribution in [0.5, 0.6) is 11.5 Å². The van der Waals surface area contributed by atoms with Crippen LogP contribution in [0.25, 0.3) is 0 Å². The van der Waals surface area contributed by atoms with Gasteiger partial charge in [0.05, 0.1) is 11.5 Å². The van der Waals surface area contributed by atoms with Crippen LogP contribution < -0.4 is 14.2 Å². The summed E-state index contributed by atoms with van der Waals surface area (Å²) in [7, 11) is -3.59. The maximum atomic E-state index is 11.7. The number of rotatable bonds is 4. The third kappa shape index (κ3) is 2.11. The highest BCUT2D eigenvalue weighted by Crippen LogP contribution is 2.33. The molecule has 0 atom stereocenters. The minimum atomic E-state index is -3.59. The summed E-state index contributed by atoms with van der Waals surface area (Å²) in [4.78, 5) is 0.0881. The van der Waals surface area contributed by atoms with Gasteiger partial charge >= 0.3 is 0 Å². The highest BCUT2D eigenvalue weighted by molar-refractivity contribution is 7.89. The van der Waals surface area contributed by atoms with Gasteiger partial charge in [-0.25, -0.2) is 13.1 Å². The zero-order valence-corrected chi connectivity index (χ0v) is 9.16. The van der Waals surface area contributed by atoms with Crippen molar-refractivity contribution >= 4 is 10.0 Å². The number of nitrogens with one attached hydrogen (secondary N) is 1. The summed E-state index contributed by atoms with van der Waals surface area (Å²) in [6.07, 6.45) is 0. The fourth-order valence-corrected chi connectivity index (χ4v) is 2.34. The van der Waals surface area contributed by atoms with Gasteiger partial charge in [0.1, 0.15) is 0 Å². The Hall–Kier alpha value is -1.31. The van der Waals surface area contributed by atoms with Crippen LogP contribution in [0.15, 0.2) is 23.1 Å². The Morgan fingerprint density at radius 2 is 2.06 bits per heavy atom. The summed E-state index contributed by atoms with van der Waals surface area (Å²) in [6.45, 7) is -0.163. The van der Waals surface area contributed by atoms with Gasteiger partial charge in [-0.15, -0.1) is 0 Å². The van der Waals surface area contributed by atoms with Gasteiger partial charge in [-0.2, -0.15) is 0 Å². The highest BCUT2D eigenvalue weighted by atomic mass is 32.2. The average molecular weight is 245 g/mol. The van der Waals surface area contributed by atoms with Crippen LogP contribution in [0, 0.1) is 0 Å². The molecule has 0 amide bonds. The predicted molar refractivity (Wildman–Crippen MR) is 54.8 cm³/mol. The van der Waals surface area contributed by atoms with Crippen LogP contribution in [-0.2, 0) is 10.0 Å². The minimum Gasteiger partial charge on any atom is -0.454 e. The molecule has 1 aromatic rings. The van der Waals surface area contributed by atoms with Crippen LogP contribution in [0.4, 0.5) is 0 Å². The van der Waals surface area contributed by atoms with Crippen molar-refractivity contribution in [1.29, 1.82) is 0 Å². The number of fused-ring (bicyclic) bond motifs is 1. The standard InChI is InChI=1S/C9H11NO5S/c11-4-3-10-16(12,13)7-1-2-8-9(5-7)15-6-14-8/h1-2,5,10-11H,3-4,6H2. The molecule has 1 aliphatic heterocycles. The second-order valence-corrected chi connectivity index (χ2v) is 4.90. The van der Waals surface area contributed by atoms with Gasteiger partial charge in [-0.3, -0.25) is 0 Å². The van der Waals surface area contributed by atoms with Gasteiger partial charge in [0.25, 0.3) is 0 Å². The number of hydrogen-bond acceptors (Lipinski definition) is 5. The van der Waals surface area contributed by atoms with Crippen molar-refractivity contribution < 1.29 is 23.0 Å². The molecule has 0 saturated heterocycles. The van der Waals surface area contributed by atoms with Gasteiger partial charge in [0.2, 0.25) is 16.8 Å². The lowest BCUT2D eigenvalue weighted by molar-refractivity contribution is 0.174. The molecule has 88 valence electrons. The third-order valence-electron chi connectivity index (χ3n) is 2.06. The lowest BCUT2D eigenvalue weighted by Gasteiger charge is -2.05. The molecule has 0 spiro atoms. The largest absolute Gasteiger partial charge is 0.454 e. The van der Waals surface area contributed by atoms with Crippen molar-refractivity contribution in [3.8, 4) is 11.5 Å². The number of benzene rings is 1. The maximum Gasteiger partial charge on any atom is 0.240 e. The molecule has 0 fully saturated rings. The average Bonchev–Trinajstić information content (AvgIpc) is 2.73. The molecule has 7 heteroatoms. The quantitative estimate of drug-likeness (QED) is 0.759. The van der Waals surface area contributed by atoms with E-state index in [1.807, 2.05) is 0 Å². The van der Waals surface area contributed by atoms with E-state index in [1.165, 1.54) is 18.2 Å². The van der Waals surface area contributed by atoms with Crippen LogP contribution in [0.3, 0.4) is 0 Å². The lowest BCUT2D eigenvalue weighted by atomic mass is 10.3. The van der Waals surface area contributed by atoms with E-state index in [2.05, 4.69) is 4.72 Å². The van der Waals surface area contributed by atoms with Gasteiger partial charge in [0.15, 0.2) is 11.5 Å². The molecule has 0 aromatic heterocycles. The third-order valence-corrected chi connectivity index (χ3v) is 3.52. The molecule has 0 unspecified atom stereocenters. The monoisotopic (exact) mass is 245 g/mol. The zero-order chi connectivity index (χ0) is 11.6. The number of aliphatic hydroxyl groups is 1. The Morgan fingerprint density at radius 1 is 1.31 bits per heavy atom. The first-order valence-electron chi connectivity index (χ1n) is 4.63. The van der Waals surface area contributed by atoms with Crippen molar-refractivity contribution in [3.63, 3.8) is 0 Å². The number of sulfonamides is 1. The fraction of sp³-hybridized carbons (Fsp3) is 0.333. The van der Waals surface area contributed by atoms with E-state index in [-0.39, 0.29) is 24.8 Å². The normalized spacial score (nSPS) is 14.1. The summed E-state index contributed by atoms with van der Waals surface area (Å²) in [5.41, 5.74) is 0. The molecule has 2 N–H and O–H groups in total. The molecule has 0 aliphatic carbocycles. The summed E-state index contributed by atoms with van der Waals surface area (Å²) in [5.74, 6) is 0.938. The van der Waals surface area contributed by atoms with E-state index < -0.39 is 10.0 Å². The van der Waals surface area contributed by atoms with Crippen LogP contribution >= 0.6 is 0 Å². The summed E-state index contributed by atoms with van der Waals surface area (Å²) in [6, 6.07) is 4.35. The number of hydrogen-bond donors (Lipinski definition) is 2. The number of ether oxygens (including phenoxy) is 2. The molecule has 1 heterocycles. The van der Waals surface area contributed by atoms with Crippen LogP contribution in [0.2, 0.25) is 0 Å². The van der Waals surface area contributed by atoms with E-state index in [1.54, 1.807) is 0 Å². The van der Waals surface area contributed by atoms with E-state index in [4.69, 9.17) is 14.6 Å². The van der Waals surface area contributed by atoms with Crippen LogP contribution in [-0.4, -0.2) is 33.5 Å². The minimum absolute atomic E-state index is 0.0171. The summed E-state index contributed by atoms with van der Waals surface area (Å²) < 4.78 is 35.7. The van der Waals surface area contributed by atoms with Gasteiger partial charge in [-0.1, -0.05) is 0 Å². The van der Waals surface area contributed by atoms with Crippen molar-refractivity contribution in [3.05, 3.63) is 18.2 Å². The van der Waals surface area contributed by atoms with E-state index in [0.717, 1.165) is 0 Å². The van der Waals surface area contributed by atoms with Crippen molar-refractivity contribution in [1.82, 2.24) is 4.72 Å². The van der Waals surface area contributed by atoms with Gasteiger partial charge in [-0.05, 0) is 12.1 Å². The number of aliphatic hydroxyl groups excluding tert-OH is 1. The molecule has 6 nitrogen and oxygen atoms in total. The molecule has 0 saturated carbocycles. The van der Waals surface area contributed by atoms with E-state index in [0.29, 0.717) is 11.5 Å². The Balaban J connectivity index is 2.27. The van der Waals surface area contributed by atoms with Gasteiger partial charge in [0, 0.05) is 12.6 Å². The maximum absolute atomic E-state index is 11.7. The molecule has 1 aliphatic rings. The topological polar surface area (TPSA) is 84.9 Å². The van der Waals surface area contributed by atoms with Crippen molar-refractivity contribution in [2.45, 2.75) is 4.90 Å². The van der Waals surface area contributed by atoms with Crippen molar-refractivity contribution in [2.75, 3.05) is 19.9 Å². The molecule has 2 rings (SSSR count). The lowest BCUT2D eigenvalue weighted by Crippen LogP contribution is -2.26. The highest BCUT2D eigenvalue weighted by Gasteiger charge is 2.19. The van der Waals surface area contributed by atoms with Gasteiger partial charge < -0.3 is 14.6 Å². The second kappa shape index (κ2) is 4.28. The fourth-order valence-electron chi connectivity index (χ4n) is 1.31. The van der Waals surface area contributed by atoms with E-state index >= 15 is 0 Å².